The van der Waals surface area contributed by atoms with E-state index in [2.05, 4.69) is 14.7 Å². The van der Waals surface area contributed by atoms with Crippen molar-refractivity contribution in [3.63, 3.8) is 0 Å². The van der Waals surface area contributed by atoms with Gasteiger partial charge in [-0.2, -0.15) is 0 Å². The summed E-state index contributed by atoms with van der Waals surface area (Å²) >= 11 is 0. The monoisotopic (exact) mass is 247 g/mol. The summed E-state index contributed by atoms with van der Waals surface area (Å²) < 4.78 is 7.32. The van der Waals surface area contributed by atoms with Gasteiger partial charge < -0.3 is 9.09 Å². The molecule has 2 heterocycles. The molecule has 98 valence electrons. The maximum atomic E-state index is 5.18. The van der Waals surface area contributed by atoms with Crippen LogP contribution in [0.3, 0.4) is 0 Å². The van der Waals surface area contributed by atoms with Crippen LogP contribution in [0.25, 0.3) is 0 Å². The van der Waals surface area contributed by atoms with Crippen LogP contribution in [-0.2, 0) is 13.0 Å². The minimum Gasteiger partial charge on any atom is -0.361 e. The second-order valence-corrected chi connectivity index (χ2v) is 4.75. The zero-order valence-electron chi connectivity index (χ0n) is 11.0. The van der Waals surface area contributed by atoms with Gasteiger partial charge >= 0.3 is 0 Å². The van der Waals surface area contributed by atoms with Crippen molar-refractivity contribution in [1.29, 1.82) is 0 Å². The molecule has 2 rings (SSSR count). The molecule has 0 unspecified atom stereocenters. The van der Waals surface area contributed by atoms with Crippen molar-refractivity contribution in [3.8, 4) is 0 Å². The normalized spacial score (nSPS) is 10.9. The Labute approximate surface area is 108 Å². The summed E-state index contributed by atoms with van der Waals surface area (Å²) in [7, 11) is 0. The lowest BCUT2D eigenvalue weighted by Gasteiger charge is -2.02. The van der Waals surface area contributed by atoms with Crippen molar-refractivity contribution in [1.82, 2.24) is 14.7 Å². The fourth-order valence-electron chi connectivity index (χ4n) is 2.08. The smallest absolute Gasteiger partial charge is 0.136 e. The van der Waals surface area contributed by atoms with Gasteiger partial charge in [0.25, 0.3) is 0 Å². The van der Waals surface area contributed by atoms with Gasteiger partial charge in [0, 0.05) is 31.4 Å². The largest absolute Gasteiger partial charge is 0.361 e. The first kappa shape index (κ1) is 12.9. The SMILES string of the molecule is Cc1cc(CCCCCCCn2ccnc2)on1. The van der Waals surface area contributed by atoms with E-state index in [0.717, 1.165) is 24.4 Å². The maximum Gasteiger partial charge on any atom is 0.136 e. The molecule has 4 nitrogen and oxygen atoms in total. The number of unbranched alkanes of at least 4 members (excludes halogenated alkanes) is 4. The fraction of sp³-hybridized carbons (Fsp3) is 0.571. The maximum absolute atomic E-state index is 5.18. The van der Waals surface area contributed by atoms with E-state index in [0.29, 0.717) is 0 Å². The molecule has 0 saturated carbocycles. The van der Waals surface area contributed by atoms with E-state index in [4.69, 9.17) is 4.52 Å². The second kappa shape index (κ2) is 6.99. The Morgan fingerprint density at radius 3 is 2.72 bits per heavy atom. The molecular weight excluding hydrogens is 226 g/mol. The lowest BCUT2D eigenvalue weighted by atomic mass is 10.1. The highest BCUT2D eigenvalue weighted by Crippen LogP contribution is 2.10. The number of rotatable bonds is 8. The fourth-order valence-corrected chi connectivity index (χ4v) is 2.08. The van der Waals surface area contributed by atoms with Crippen molar-refractivity contribution in [2.24, 2.45) is 0 Å². The third kappa shape index (κ3) is 4.35. The highest BCUT2D eigenvalue weighted by molar-refractivity contribution is 5.02. The molecule has 0 saturated heterocycles. The number of nitrogens with zero attached hydrogens (tertiary/aromatic N) is 3. The molecule has 2 aromatic rings. The molecule has 0 atom stereocenters. The summed E-state index contributed by atoms with van der Waals surface area (Å²) in [5.74, 6) is 1.02. The van der Waals surface area contributed by atoms with Crippen LogP contribution in [-0.4, -0.2) is 14.7 Å². The Hall–Kier alpha value is -1.58. The summed E-state index contributed by atoms with van der Waals surface area (Å²) in [6.45, 7) is 3.05. The van der Waals surface area contributed by atoms with Gasteiger partial charge in [0.05, 0.1) is 12.0 Å². The Kier molecular flexibility index (Phi) is 5.00. The molecule has 0 aliphatic heterocycles. The van der Waals surface area contributed by atoms with Crippen molar-refractivity contribution in [2.75, 3.05) is 0 Å². The lowest BCUT2D eigenvalue weighted by molar-refractivity contribution is 0.375. The van der Waals surface area contributed by atoms with E-state index in [1.54, 1.807) is 0 Å². The van der Waals surface area contributed by atoms with Crippen molar-refractivity contribution < 1.29 is 4.52 Å². The van der Waals surface area contributed by atoms with Crippen LogP contribution in [0.5, 0.6) is 0 Å². The molecule has 0 aliphatic rings. The summed E-state index contributed by atoms with van der Waals surface area (Å²) in [5, 5.41) is 3.89. The molecule has 2 aromatic heterocycles. The highest BCUT2D eigenvalue weighted by atomic mass is 16.5. The average molecular weight is 247 g/mol. The topological polar surface area (TPSA) is 43.9 Å². The number of aryl methyl sites for hydroxylation is 3. The van der Waals surface area contributed by atoms with E-state index < -0.39 is 0 Å². The van der Waals surface area contributed by atoms with E-state index in [1.807, 2.05) is 31.7 Å². The number of imidazole rings is 1. The highest BCUT2D eigenvalue weighted by Gasteiger charge is 2.00. The van der Waals surface area contributed by atoms with Crippen LogP contribution in [0.4, 0.5) is 0 Å². The molecule has 0 fully saturated rings. The number of aromatic nitrogens is 3. The molecule has 0 amide bonds. The predicted octanol–water partition coefficient (Wildman–Crippen LogP) is 3.37. The summed E-state index contributed by atoms with van der Waals surface area (Å²) in [6, 6.07) is 2.03. The molecule has 0 spiro atoms. The first-order valence-corrected chi connectivity index (χ1v) is 6.72. The van der Waals surface area contributed by atoms with Gasteiger partial charge in [-0.25, -0.2) is 4.98 Å². The van der Waals surface area contributed by atoms with Gasteiger partial charge in [-0.05, 0) is 19.8 Å². The molecule has 0 aliphatic carbocycles. The predicted molar refractivity (Wildman–Crippen MR) is 70.3 cm³/mol. The summed E-state index contributed by atoms with van der Waals surface area (Å²) in [6.07, 6.45) is 13.0. The zero-order valence-corrected chi connectivity index (χ0v) is 11.0. The van der Waals surface area contributed by atoms with Crippen LogP contribution in [0.1, 0.15) is 43.6 Å². The van der Waals surface area contributed by atoms with Crippen LogP contribution < -0.4 is 0 Å². The van der Waals surface area contributed by atoms with Gasteiger partial charge in [-0.3, -0.25) is 0 Å². The third-order valence-electron chi connectivity index (χ3n) is 3.08. The Balaban J connectivity index is 1.46. The average Bonchev–Trinajstić information content (AvgIpc) is 3.00. The molecule has 0 aromatic carbocycles. The molecule has 0 N–H and O–H groups in total. The second-order valence-electron chi connectivity index (χ2n) is 4.75. The molecule has 0 radical (unpaired) electrons. The van der Waals surface area contributed by atoms with Crippen molar-refractivity contribution in [2.45, 2.75) is 52.0 Å². The summed E-state index contributed by atoms with van der Waals surface area (Å²) in [5.41, 5.74) is 0.977. The van der Waals surface area contributed by atoms with Crippen molar-refractivity contribution >= 4 is 0 Å². The number of hydrogen-bond acceptors (Lipinski definition) is 3. The third-order valence-corrected chi connectivity index (χ3v) is 3.08. The van der Waals surface area contributed by atoms with Crippen LogP contribution in [0, 0.1) is 6.92 Å². The standard InChI is InChI=1S/C14H21N3O/c1-13-11-14(18-16-13)7-5-3-2-4-6-9-17-10-8-15-12-17/h8,10-12H,2-7,9H2,1H3. The van der Waals surface area contributed by atoms with Gasteiger partial charge in [0.2, 0.25) is 0 Å². The Morgan fingerprint density at radius 2 is 2.00 bits per heavy atom. The van der Waals surface area contributed by atoms with E-state index in [9.17, 15) is 0 Å². The summed E-state index contributed by atoms with van der Waals surface area (Å²) in [4.78, 5) is 4.03. The van der Waals surface area contributed by atoms with E-state index in [-0.39, 0.29) is 0 Å². The number of hydrogen-bond donors (Lipinski definition) is 0. The first-order chi connectivity index (χ1) is 8.84. The van der Waals surface area contributed by atoms with Gasteiger partial charge in [-0.1, -0.05) is 24.4 Å². The molecule has 0 bridgehead atoms. The van der Waals surface area contributed by atoms with Gasteiger partial charge in [0.15, 0.2) is 0 Å². The quantitative estimate of drug-likeness (QED) is 0.672. The van der Waals surface area contributed by atoms with Gasteiger partial charge in [-0.15, -0.1) is 0 Å². The van der Waals surface area contributed by atoms with Crippen LogP contribution in [0.2, 0.25) is 0 Å². The lowest BCUT2D eigenvalue weighted by Crippen LogP contribution is -1.94. The molecule has 18 heavy (non-hydrogen) atoms. The van der Waals surface area contributed by atoms with Crippen LogP contribution in [0.15, 0.2) is 29.3 Å². The van der Waals surface area contributed by atoms with Gasteiger partial charge in [0.1, 0.15) is 5.76 Å². The minimum absolute atomic E-state index is 0.977. The minimum atomic E-state index is 0.977. The Bertz CT molecular complexity index is 434. The van der Waals surface area contributed by atoms with E-state index in [1.165, 1.54) is 32.1 Å². The van der Waals surface area contributed by atoms with E-state index >= 15 is 0 Å². The Morgan fingerprint density at radius 1 is 1.17 bits per heavy atom. The van der Waals surface area contributed by atoms with Crippen LogP contribution >= 0.6 is 0 Å². The van der Waals surface area contributed by atoms with Crippen molar-refractivity contribution in [3.05, 3.63) is 36.2 Å². The molecular formula is C14H21N3O. The molecule has 4 heteroatoms. The zero-order chi connectivity index (χ0) is 12.6. The first-order valence-electron chi connectivity index (χ1n) is 6.72.